The Morgan fingerprint density at radius 3 is 2.41 bits per heavy atom. The van der Waals surface area contributed by atoms with Crippen LogP contribution >= 0.6 is 39.1 Å². The quantitative estimate of drug-likeness (QED) is 0.663. The van der Waals surface area contributed by atoms with Crippen molar-refractivity contribution in [1.82, 2.24) is 19.4 Å². The van der Waals surface area contributed by atoms with Gasteiger partial charge in [0.25, 0.3) is 5.91 Å². The number of carbonyl (C=O) groups is 1. The molecule has 11 heteroatoms. The Bertz CT molecular complexity index is 990. The van der Waals surface area contributed by atoms with Gasteiger partial charge in [0.05, 0.1) is 32.3 Å². The van der Waals surface area contributed by atoms with E-state index in [-0.39, 0.29) is 20.5 Å². The summed E-state index contributed by atoms with van der Waals surface area (Å²) in [5.74, 6) is -0.493. The number of aromatic nitrogens is 2. The van der Waals surface area contributed by atoms with Gasteiger partial charge in [-0.3, -0.25) is 9.48 Å². The summed E-state index contributed by atoms with van der Waals surface area (Å²) < 4.78 is 28.4. The maximum absolute atomic E-state index is 12.5. The Labute approximate surface area is 176 Å². The van der Waals surface area contributed by atoms with Gasteiger partial charge in [-0.05, 0) is 41.9 Å². The highest BCUT2D eigenvalue weighted by Crippen LogP contribution is 2.30. The first-order valence-corrected chi connectivity index (χ1v) is 10.8. The van der Waals surface area contributed by atoms with Crippen molar-refractivity contribution in [3.05, 3.63) is 43.6 Å². The first-order valence-electron chi connectivity index (χ1n) is 7.86. The maximum atomic E-state index is 12.5. The molecular formula is C16H19BrCl2N4O3S. The maximum Gasteiger partial charge on any atom is 0.252 e. The van der Waals surface area contributed by atoms with Gasteiger partial charge in [0, 0.05) is 26.3 Å². The molecule has 0 radical (unpaired) electrons. The lowest BCUT2D eigenvalue weighted by Crippen LogP contribution is -2.29. The third-order valence-corrected chi connectivity index (χ3v) is 7.67. The fourth-order valence-electron chi connectivity index (χ4n) is 2.36. The SMILES string of the molecule is Cc1nn(CCNC(=O)c2cc(S(=O)(=O)N(C)C)c(Cl)cc2Cl)c(C)c1Br. The second-order valence-corrected chi connectivity index (χ2v) is 9.74. The Morgan fingerprint density at radius 1 is 1.26 bits per heavy atom. The van der Waals surface area contributed by atoms with Crippen LogP contribution in [0.25, 0.3) is 0 Å². The number of hydrogen-bond acceptors (Lipinski definition) is 4. The van der Waals surface area contributed by atoms with Crippen molar-refractivity contribution >= 4 is 55.1 Å². The Morgan fingerprint density at radius 2 is 1.89 bits per heavy atom. The summed E-state index contributed by atoms with van der Waals surface area (Å²) in [6.07, 6.45) is 0. The lowest BCUT2D eigenvalue weighted by Gasteiger charge is -2.15. The van der Waals surface area contributed by atoms with Crippen molar-refractivity contribution < 1.29 is 13.2 Å². The molecule has 0 saturated heterocycles. The van der Waals surface area contributed by atoms with Crippen LogP contribution in [0.2, 0.25) is 10.0 Å². The number of aryl methyl sites for hydroxylation is 1. The number of nitrogens with zero attached hydrogens (tertiary/aromatic N) is 3. The largest absolute Gasteiger partial charge is 0.350 e. The summed E-state index contributed by atoms with van der Waals surface area (Å²) in [5.41, 5.74) is 1.85. The van der Waals surface area contributed by atoms with Gasteiger partial charge in [-0.2, -0.15) is 5.10 Å². The van der Waals surface area contributed by atoms with Gasteiger partial charge in [-0.25, -0.2) is 12.7 Å². The predicted molar refractivity (Wildman–Crippen MR) is 109 cm³/mol. The van der Waals surface area contributed by atoms with E-state index in [0.29, 0.717) is 13.1 Å². The summed E-state index contributed by atoms with van der Waals surface area (Å²) in [5, 5.41) is 7.11. The lowest BCUT2D eigenvalue weighted by atomic mass is 10.2. The molecule has 0 spiro atoms. The van der Waals surface area contributed by atoms with Crippen molar-refractivity contribution in [2.75, 3.05) is 20.6 Å². The molecule has 7 nitrogen and oxygen atoms in total. The van der Waals surface area contributed by atoms with E-state index in [1.165, 1.54) is 26.2 Å². The van der Waals surface area contributed by atoms with E-state index in [2.05, 4.69) is 26.3 Å². The van der Waals surface area contributed by atoms with E-state index >= 15 is 0 Å². The average molecular weight is 498 g/mol. The molecule has 0 aliphatic heterocycles. The van der Waals surface area contributed by atoms with Crippen LogP contribution in [0.4, 0.5) is 0 Å². The fraction of sp³-hybridized carbons (Fsp3) is 0.375. The summed E-state index contributed by atoms with van der Waals surface area (Å²) in [6, 6.07) is 2.45. The zero-order valence-electron chi connectivity index (χ0n) is 15.2. The van der Waals surface area contributed by atoms with E-state index in [1.807, 2.05) is 13.8 Å². The molecule has 1 aromatic heterocycles. The van der Waals surface area contributed by atoms with E-state index in [4.69, 9.17) is 23.2 Å². The fourth-order valence-corrected chi connectivity index (χ4v) is 4.37. The minimum Gasteiger partial charge on any atom is -0.350 e. The van der Waals surface area contributed by atoms with Gasteiger partial charge in [0.1, 0.15) is 4.90 Å². The average Bonchev–Trinajstić information content (AvgIpc) is 2.81. The van der Waals surface area contributed by atoms with Gasteiger partial charge in [-0.15, -0.1) is 0 Å². The first-order chi connectivity index (χ1) is 12.5. The van der Waals surface area contributed by atoms with Crippen LogP contribution in [0, 0.1) is 13.8 Å². The third kappa shape index (κ3) is 4.65. The molecule has 1 aromatic carbocycles. The molecule has 148 valence electrons. The Kier molecular flexibility index (Phi) is 6.96. The lowest BCUT2D eigenvalue weighted by molar-refractivity contribution is 0.0951. The summed E-state index contributed by atoms with van der Waals surface area (Å²) in [6.45, 7) is 4.55. The predicted octanol–water partition coefficient (Wildman–Crippen LogP) is 3.25. The van der Waals surface area contributed by atoms with Gasteiger partial charge >= 0.3 is 0 Å². The zero-order chi connectivity index (χ0) is 20.5. The Balaban J connectivity index is 2.20. The van der Waals surface area contributed by atoms with Crippen molar-refractivity contribution in [3.8, 4) is 0 Å². The number of amides is 1. The zero-order valence-corrected chi connectivity index (χ0v) is 19.1. The molecular weight excluding hydrogens is 479 g/mol. The van der Waals surface area contributed by atoms with E-state index < -0.39 is 15.9 Å². The molecule has 1 heterocycles. The smallest absolute Gasteiger partial charge is 0.252 e. The van der Waals surface area contributed by atoms with Crippen molar-refractivity contribution in [3.63, 3.8) is 0 Å². The molecule has 0 unspecified atom stereocenters. The van der Waals surface area contributed by atoms with Gasteiger partial charge in [0.2, 0.25) is 10.0 Å². The van der Waals surface area contributed by atoms with Crippen molar-refractivity contribution in [2.24, 2.45) is 0 Å². The monoisotopic (exact) mass is 496 g/mol. The number of benzene rings is 1. The van der Waals surface area contributed by atoms with Crippen LogP contribution < -0.4 is 5.32 Å². The molecule has 2 rings (SSSR count). The van der Waals surface area contributed by atoms with Crippen LogP contribution in [-0.2, 0) is 16.6 Å². The van der Waals surface area contributed by atoms with Gasteiger partial charge in [-0.1, -0.05) is 23.2 Å². The minimum atomic E-state index is -3.81. The first kappa shape index (κ1) is 22.2. The molecule has 2 aromatic rings. The topological polar surface area (TPSA) is 84.3 Å². The summed E-state index contributed by atoms with van der Waals surface area (Å²) in [7, 11) is -1.05. The highest BCUT2D eigenvalue weighted by atomic mass is 79.9. The number of sulfonamides is 1. The van der Waals surface area contributed by atoms with E-state index in [9.17, 15) is 13.2 Å². The molecule has 0 fully saturated rings. The summed E-state index contributed by atoms with van der Waals surface area (Å²) >= 11 is 15.6. The normalized spacial score (nSPS) is 11.9. The molecule has 0 aliphatic carbocycles. The van der Waals surface area contributed by atoms with Crippen molar-refractivity contribution in [2.45, 2.75) is 25.3 Å². The van der Waals surface area contributed by atoms with Crippen LogP contribution in [0.3, 0.4) is 0 Å². The highest BCUT2D eigenvalue weighted by molar-refractivity contribution is 9.10. The number of halogens is 3. The number of hydrogen-bond donors (Lipinski definition) is 1. The molecule has 1 amide bonds. The van der Waals surface area contributed by atoms with Crippen LogP contribution in [-0.4, -0.2) is 49.1 Å². The Hall–Kier alpha value is -1.13. The second kappa shape index (κ2) is 8.48. The van der Waals surface area contributed by atoms with Crippen LogP contribution in [0.1, 0.15) is 21.7 Å². The van der Waals surface area contributed by atoms with E-state index in [1.54, 1.807) is 4.68 Å². The van der Waals surface area contributed by atoms with Gasteiger partial charge < -0.3 is 5.32 Å². The highest BCUT2D eigenvalue weighted by Gasteiger charge is 2.24. The summed E-state index contributed by atoms with van der Waals surface area (Å²) in [4.78, 5) is 12.3. The number of carbonyl (C=O) groups excluding carboxylic acids is 1. The van der Waals surface area contributed by atoms with Crippen LogP contribution in [0.15, 0.2) is 21.5 Å². The second-order valence-electron chi connectivity index (χ2n) is 6.01. The van der Waals surface area contributed by atoms with Crippen LogP contribution in [0.5, 0.6) is 0 Å². The molecule has 0 atom stereocenters. The third-order valence-electron chi connectivity index (χ3n) is 3.93. The van der Waals surface area contributed by atoms with Crippen molar-refractivity contribution in [1.29, 1.82) is 0 Å². The number of rotatable bonds is 6. The molecule has 27 heavy (non-hydrogen) atoms. The molecule has 1 N–H and O–H groups in total. The van der Waals surface area contributed by atoms with Gasteiger partial charge in [0.15, 0.2) is 0 Å². The standard InChI is InChI=1S/C16H19BrCl2N4O3S/c1-9-15(17)10(2)23(21-9)6-5-20-16(24)11-7-14(13(19)8-12(11)18)27(25,26)22(3)4/h7-8H,5-6H2,1-4H3,(H,20,24). The number of nitrogens with one attached hydrogen (secondary N) is 1. The molecule has 0 saturated carbocycles. The molecule has 0 bridgehead atoms. The van der Waals surface area contributed by atoms with E-state index in [0.717, 1.165) is 20.2 Å². The molecule has 0 aliphatic rings. The minimum absolute atomic E-state index is 0.0380.